The van der Waals surface area contributed by atoms with Crippen molar-refractivity contribution in [3.63, 3.8) is 0 Å². The summed E-state index contributed by atoms with van der Waals surface area (Å²) in [6, 6.07) is 0. The molecule has 0 spiro atoms. The maximum Gasteiger partial charge on any atom is 0.185 e. The van der Waals surface area contributed by atoms with Gasteiger partial charge in [-0.1, -0.05) is 13.8 Å². The van der Waals surface area contributed by atoms with Crippen molar-refractivity contribution in [2.45, 2.75) is 53.1 Å². The van der Waals surface area contributed by atoms with E-state index in [1.807, 2.05) is 0 Å². The van der Waals surface area contributed by atoms with Gasteiger partial charge >= 0.3 is 0 Å². The highest BCUT2D eigenvalue weighted by Crippen LogP contribution is 2.20. The minimum absolute atomic E-state index is 0.146. The van der Waals surface area contributed by atoms with Crippen molar-refractivity contribution in [3.8, 4) is 0 Å². The van der Waals surface area contributed by atoms with E-state index in [1.54, 1.807) is 11.3 Å². The Labute approximate surface area is 116 Å². The van der Waals surface area contributed by atoms with Crippen LogP contribution in [0.3, 0.4) is 0 Å². The van der Waals surface area contributed by atoms with E-state index in [-0.39, 0.29) is 5.54 Å². The lowest BCUT2D eigenvalue weighted by Crippen LogP contribution is -2.35. The number of aromatic nitrogens is 1. The maximum absolute atomic E-state index is 4.67. The average molecular weight is 269 g/mol. The molecule has 1 N–H and O–H groups in total. The summed E-state index contributed by atoms with van der Waals surface area (Å²) in [5, 5.41) is 6.75. The van der Waals surface area contributed by atoms with Gasteiger partial charge in [0.25, 0.3) is 0 Å². The third-order valence-corrected chi connectivity index (χ3v) is 3.71. The minimum atomic E-state index is 0.146. The first-order chi connectivity index (χ1) is 8.28. The molecule has 0 amide bonds. The van der Waals surface area contributed by atoms with Crippen LogP contribution in [0.2, 0.25) is 0 Å². The Bertz CT molecular complexity index is 352. The van der Waals surface area contributed by atoms with E-state index in [9.17, 15) is 0 Å². The van der Waals surface area contributed by atoms with Crippen LogP contribution in [-0.2, 0) is 6.54 Å². The van der Waals surface area contributed by atoms with Crippen molar-refractivity contribution in [3.05, 3.63) is 11.1 Å². The first kappa shape index (κ1) is 15.4. The van der Waals surface area contributed by atoms with Gasteiger partial charge < -0.3 is 10.2 Å². The Morgan fingerprint density at radius 3 is 2.61 bits per heavy atom. The molecular formula is C14H27N3S. The second-order valence-corrected chi connectivity index (χ2v) is 7.17. The van der Waals surface area contributed by atoms with E-state index in [0.717, 1.165) is 29.8 Å². The molecule has 0 fully saturated rings. The SMILES string of the molecule is CC(C)CCN(C)c1nc(CNC(C)(C)C)cs1. The van der Waals surface area contributed by atoms with Crippen LogP contribution in [0, 0.1) is 5.92 Å². The number of hydrogen-bond acceptors (Lipinski definition) is 4. The second kappa shape index (κ2) is 6.53. The number of nitrogens with one attached hydrogen (secondary N) is 1. The third-order valence-electron chi connectivity index (χ3n) is 2.71. The zero-order valence-electron chi connectivity index (χ0n) is 12.6. The van der Waals surface area contributed by atoms with Gasteiger partial charge in [0, 0.05) is 31.1 Å². The minimum Gasteiger partial charge on any atom is -0.351 e. The first-order valence-corrected chi connectivity index (χ1v) is 7.56. The Morgan fingerprint density at radius 1 is 1.39 bits per heavy atom. The van der Waals surface area contributed by atoms with Gasteiger partial charge in [0.2, 0.25) is 0 Å². The summed E-state index contributed by atoms with van der Waals surface area (Å²) in [4.78, 5) is 6.93. The highest BCUT2D eigenvalue weighted by molar-refractivity contribution is 7.13. The fourth-order valence-electron chi connectivity index (χ4n) is 1.46. The Balaban J connectivity index is 2.47. The van der Waals surface area contributed by atoms with E-state index in [4.69, 9.17) is 0 Å². The van der Waals surface area contributed by atoms with Crippen molar-refractivity contribution in [2.75, 3.05) is 18.5 Å². The van der Waals surface area contributed by atoms with Crippen LogP contribution in [0.4, 0.5) is 5.13 Å². The van der Waals surface area contributed by atoms with Crippen LogP contribution >= 0.6 is 11.3 Å². The molecule has 0 aliphatic carbocycles. The molecule has 0 bridgehead atoms. The molecule has 18 heavy (non-hydrogen) atoms. The van der Waals surface area contributed by atoms with Gasteiger partial charge in [-0.25, -0.2) is 4.98 Å². The number of nitrogens with zero attached hydrogens (tertiary/aromatic N) is 2. The van der Waals surface area contributed by atoms with E-state index in [2.05, 4.69) is 62.2 Å². The van der Waals surface area contributed by atoms with Gasteiger partial charge in [-0.05, 0) is 33.1 Å². The smallest absolute Gasteiger partial charge is 0.185 e. The number of rotatable bonds is 6. The fourth-order valence-corrected chi connectivity index (χ4v) is 2.27. The van der Waals surface area contributed by atoms with Gasteiger partial charge in [-0.3, -0.25) is 0 Å². The summed E-state index contributed by atoms with van der Waals surface area (Å²) >= 11 is 1.73. The summed E-state index contributed by atoms with van der Waals surface area (Å²) in [5.41, 5.74) is 1.29. The summed E-state index contributed by atoms with van der Waals surface area (Å²) in [7, 11) is 2.13. The van der Waals surface area contributed by atoms with Crippen molar-refractivity contribution >= 4 is 16.5 Å². The molecule has 0 atom stereocenters. The van der Waals surface area contributed by atoms with Gasteiger partial charge in [0.05, 0.1) is 5.69 Å². The largest absolute Gasteiger partial charge is 0.351 e. The van der Waals surface area contributed by atoms with E-state index in [1.165, 1.54) is 6.42 Å². The molecule has 0 aliphatic heterocycles. The molecule has 0 saturated carbocycles. The average Bonchev–Trinajstić information content (AvgIpc) is 2.70. The maximum atomic E-state index is 4.67. The van der Waals surface area contributed by atoms with Crippen molar-refractivity contribution < 1.29 is 0 Å². The lowest BCUT2D eigenvalue weighted by molar-refractivity contribution is 0.422. The van der Waals surface area contributed by atoms with E-state index in [0.29, 0.717) is 0 Å². The van der Waals surface area contributed by atoms with E-state index >= 15 is 0 Å². The van der Waals surface area contributed by atoms with Gasteiger partial charge in [0.1, 0.15) is 0 Å². The summed E-state index contributed by atoms with van der Waals surface area (Å²) < 4.78 is 0. The molecule has 0 aliphatic rings. The van der Waals surface area contributed by atoms with Crippen LogP contribution in [-0.4, -0.2) is 24.1 Å². The molecule has 0 radical (unpaired) electrons. The zero-order chi connectivity index (χ0) is 13.8. The van der Waals surface area contributed by atoms with Crippen LogP contribution < -0.4 is 10.2 Å². The van der Waals surface area contributed by atoms with Crippen LogP contribution in [0.25, 0.3) is 0 Å². The van der Waals surface area contributed by atoms with Gasteiger partial charge in [-0.15, -0.1) is 11.3 Å². The number of anilines is 1. The molecule has 0 unspecified atom stereocenters. The standard InChI is InChI=1S/C14H27N3S/c1-11(2)7-8-17(6)13-16-12(10-18-13)9-15-14(3,4)5/h10-11,15H,7-9H2,1-6H3. The topological polar surface area (TPSA) is 28.2 Å². The van der Waals surface area contributed by atoms with Crippen LogP contribution in [0.5, 0.6) is 0 Å². The summed E-state index contributed by atoms with van der Waals surface area (Å²) in [5.74, 6) is 0.745. The fraction of sp³-hybridized carbons (Fsp3) is 0.786. The normalized spacial score (nSPS) is 12.2. The molecule has 0 saturated heterocycles. The van der Waals surface area contributed by atoms with Crippen molar-refractivity contribution in [1.29, 1.82) is 0 Å². The molecule has 1 heterocycles. The van der Waals surface area contributed by atoms with Crippen molar-refractivity contribution in [2.24, 2.45) is 5.92 Å². The summed E-state index contributed by atoms with van der Waals surface area (Å²) in [6.45, 7) is 13.0. The highest BCUT2D eigenvalue weighted by Gasteiger charge is 2.11. The molecular weight excluding hydrogens is 242 g/mol. The number of hydrogen-bond donors (Lipinski definition) is 1. The molecule has 1 aromatic rings. The zero-order valence-corrected chi connectivity index (χ0v) is 13.4. The molecule has 104 valence electrons. The molecule has 1 rings (SSSR count). The Hall–Kier alpha value is -0.610. The lowest BCUT2D eigenvalue weighted by Gasteiger charge is -2.19. The predicted octanol–water partition coefficient (Wildman–Crippen LogP) is 3.51. The first-order valence-electron chi connectivity index (χ1n) is 6.68. The second-order valence-electron chi connectivity index (χ2n) is 6.33. The number of thiazole rings is 1. The quantitative estimate of drug-likeness (QED) is 0.856. The predicted molar refractivity (Wildman–Crippen MR) is 81.4 cm³/mol. The molecule has 0 aromatic carbocycles. The van der Waals surface area contributed by atoms with Crippen molar-refractivity contribution in [1.82, 2.24) is 10.3 Å². The Kier molecular flexibility index (Phi) is 5.60. The van der Waals surface area contributed by atoms with E-state index < -0.39 is 0 Å². The van der Waals surface area contributed by atoms with Gasteiger partial charge in [0.15, 0.2) is 5.13 Å². The molecule has 3 nitrogen and oxygen atoms in total. The summed E-state index contributed by atoms with van der Waals surface area (Å²) in [6.07, 6.45) is 1.21. The van der Waals surface area contributed by atoms with Crippen LogP contribution in [0.15, 0.2) is 5.38 Å². The van der Waals surface area contributed by atoms with Gasteiger partial charge in [-0.2, -0.15) is 0 Å². The molecule has 4 heteroatoms. The highest BCUT2D eigenvalue weighted by atomic mass is 32.1. The molecule has 1 aromatic heterocycles. The third kappa shape index (κ3) is 5.83. The monoisotopic (exact) mass is 269 g/mol. The Morgan fingerprint density at radius 2 is 2.06 bits per heavy atom. The lowest BCUT2D eigenvalue weighted by atomic mass is 10.1. The van der Waals surface area contributed by atoms with Crippen LogP contribution in [0.1, 0.15) is 46.7 Å².